The van der Waals surface area contributed by atoms with Crippen LogP contribution in [0.4, 0.5) is 5.69 Å². The van der Waals surface area contributed by atoms with Gasteiger partial charge in [0, 0.05) is 56.3 Å². The summed E-state index contributed by atoms with van der Waals surface area (Å²) in [7, 11) is 1.50. The lowest BCUT2D eigenvalue weighted by atomic mass is 10.1. The zero-order chi connectivity index (χ0) is 17.6. The van der Waals surface area contributed by atoms with Gasteiger partial charge in [-0.1, -0.05) is 0 Å². The Kier molecular flexibility index (Phi) is 5.67. The smallest absolute Gasteiger partial charge is 0.250 e. The van der Waals surface area contributed by atoms with Gasteiger partial charge in [0.15, 0.2) is 0 Å². The van der Waals surface area contributed by atoms with Gasteiger partial charge in [0.05, 0.1) is 6.20 Å². The van der Waals surface area contributed by atoms with Gasteiger partial charge in [0.1, 0.15) is 19.0 Å². The van der Waals surface area contributed by atoms with E-state index in [2.05, 4.69) is 28.4 Å². The molecule has 0 bridgehead atoms. The minimum Gasteiger partial charge on any atom is -0.492 e. The first-order valence-corrected chi connectivity index (χ1v) is 8.46. The maximum absolute atomic E-state index is 11.7. The highest BCUT2D eigenvalue weighted by molar-refractivity contribution is 5.91. The van der Waals surface area contributed by atoms with Crippen LogP contribution in [0.5, 0.6) is 5.75 Å². The summed E-state index contributed by atoms with van der Waals surface area (Å²) in [6, 6.07) is 5.74. The summed E-state index contributed by atoms with van der Waals surface area (Å²) in [6.07, 6.45) is 3.99. The van der Waals surface area contributed by atoms with Gasteiger partial charge in [-0.05, 0) is 25.1 Å². The summed E-state index contributed by atoms with van der Waals surface area (Å²) in [4.78, 5) is 14.0. The van der Waals surface area contributed by atoms with Crippen molar-refractivity contribution in [3.05, 3.63) is 41.7 Å². The zero-order valence-electron chi connectivity index (χ0n) is 14.7. The molecule has 1 aliphatic heterocycles. The van der Waals surface area contributed by atoms with Crippen LogP contribution in [0.25, 0.3) is 0 Å². The van der Waals surface area contributed by atoms with Crippen LogP contribution in [0.1, 0.15) is 18.1 Å². The average molecular weight is 344 g/mol. The average Bonchev–Trinajstić information content (AvgIpc) is 2.94. The van der Waals surface area contributed by atoms with Crippen molar-refractivity contribution in [1.29, 1.82) is 0 Å². The Morgan fingerprint density at radius 2 is 2.32 bits per heavy atom. The van der Waals surface area contributed by atoms with Crippen LogP contribution in [0.3, 0.4) is 0 Å². The van der Waals surface area contributed by atoms with E-state index in [-0.39, 0.29) is 12.5 Å². The highest BCUT2D eigenvalue weighted by atomic mass is 16.5. The van der Waals surface area contributed by atoms with Crippen molar-refractivity contribution in [2.24, 2.45) is 0 Å². The van der Waals surface area contributed by atoms with Crippen LogP contribution in [-0.4, -0.2) is 47.5 Å². The normalized spacial score (nSPS) is 14.5. The number of hydrogen-bond donors (Lipinski definition) is 1. The second-order valence-corrected chi connectivity index (χ2v) is 6.07. The second-order valence-electron chi connectivity index (χ2n) is 6.07. The van der Waals surface area contributed by atoms with Gasteiger partial charge in [-0.2, -0.15) is 5.10 Å². The number of benzene rings is 1. The number of nitrogens with one attached hydrogen (secondary N) is 1. The molecule has 1 aliphatic rings. The van der Waals surface area contributed by atoms with E-state index in [9.17, 15) is 4.79 Å². The van der Waals surface area contributed by atoms with Gasteiger partial charge in [0.25, 0.3) is 0 Å². The first-order valence-electron chi connectivity index (χ1n) is 8.46. The summed E-state index contributed by atoms with van der Waals surface area (Å²) in [6.45, 7) is 6.06. The Balaban J connectivity index is 1.70. The molecular weight excluding hydrogens is 320 g/mol. The molecule has 0 saturated carbocycles. The topological polar surface area (TPSA) is 68.6 Å². The van der Waals surface area contributed by atoms with E-state index in [0.29, 0.717) is 6.61 Å². The number of hydrogen-bond acceptors (Lipinski definition) is 5. The Morgan fingerprint density at radius 3 is 3.08 bits per heavy atom. The second kappa shape index (κ2) is 8.13. The molecule has 134 valence electrons. The third-order valence-electron chi connectivity index (χ3n) is 4.10. The van der Waals surface area contributed by atoms with E-state index in [1.807, 2.05) is 29.1 Å². The molecule has 0 spiro atoms. The molecule has 0 saturated heterocycles. The molecule has 25 heavy (non-hydrogen) atoms. The van der Waals surface area contributed by atoms with Gasteiger partial charge in [-0.25, -0.2) is 0 Å². The number of carbonyl (C=O) groups excluding carboxylic acids is 1. The first-order chi connectivity index (χ1) is 12.2. The molecule has 2 heterocycles. The van der Waals surface area contributed by atoms with E-state index in [1.165, 1.54) is 12.7 Å². The van der Waals surface area contributed by atoms with Crippen molar-refractivity contribution in [3.63, 3.8) is 0 Å². The molecular formula is C18H24N4O3. The highest BCUT2D eigenvalue weighted by Gasteiger charge is 2.17. The number of ether oxygens (including phenoxy) is 2. The third-order valence-corrected chi connectivity index (χ3v) is 4.10. The Bertz CT molecular complexity index is 729. The van der Waals surface area contributed by atoms with Gasteiger partial charge in [-0.3, -0.25) is 14.4 Å². The van der Waals surface area contributed by atoms with Crippen molar-refractivity contribution >= 4 is 11.6 Å². The largest absolute Gasteiger partial charge is 0.492 e. The number of methoxy groups -OCH3 is 1. The van der Waals surface area contributed by atoms with E-state index in [4.69, 9.17) is 9.47 Å². The van der Waals surface area contributed by atoms with Crippen LogP contribution in [0.2, 0.25) is 0 Å². The Hall–Kier alpha value is -2.38. The first kappa shape index (κ1) is 17.4. The fraction of sp³-hybridized carbons (Fsp3) is 0.444. The van der Waals surface area contributed by atoms with Gasteiger partial charge < -0.3 is 14.8 Å². The summed E-state index contributed by atoms with van der Waals surface area (Å²) >= 11 is 0. The maximum atomic E-state index is 11.7. The number of amides is 1. The lowest BCUT2D eigenvalue weighted by Crippen LogP contribution is -2.25. The number of anilines is 1. The molecule has 0 radical (unpaired) electrons. The lowest BCUT2D eigenvalue weighted by molar-refractivity contribution is -0.119. The molecule has 1 N–H and O–H groups in total. The SMILES string of the molecule is CCn1cc(CN2CCOc3ccc(NC(=O)COC)cc3C2)cn1. The van der Waals surface area contributed by atoms with Crippen LogP contribution in [-0.2, 0) is 29.2 Å². The van der Waals surface area contributed by atoms with Crippen LogP contribution in [0.15, 0.2) is 30.6 Å². The molecule has 7 heteroatoms. The molecule has 0 atom stereocenters. The number of nitrogens with zero attached hydrogens (tertiary/aromatic N) is 3. The molecule has 0 unspecified atom stereocenters. The van der Waals surface area contributed by atoms with E-state index in [1.54, 1.807) is 0 Å². The van der Waals surface area contributed by atoms with Crippen LogP contribution < -0.4 is 10.1 Å². The fourth-order valence-electron chi connectivity index (χ4n) is 2.91. The summed E-state index contributed by atoms with van der Waals surface area (Å²) in [5, 5.41) is 7.17. The zero-order valence-corrected chi connectivity index (χ0v) is 14.7. The molecule has 1 aromatic carbocycles. The lowest BCUT2D eigenvalue weighted by Gasteiger charge is -2.18. The highest BCUT2D eigenvalue weighted by Crippen LogP contribution is 2.27. The van der Waals surface area contributed by atoms with Gasteiger partial charge in [-0.15, -0.1) is 0 Å². The number of fused-ring (bicyclic) bond motifs is 1. The summed E-state index contributed by atoms with van der Waals surface area (Å²) < 4.78 is 12.6. The Labute approximate surface area is 147 Å². The fourth-order valence-corrected chi connectivity index (χ4v) is 2.91. The molecule has 2 aromatic rings. The predicted molar refractivity (Wildman–Crippen MR) is 94.5 cm³/mol. The Morgan fingerprint density at radius 1 is 1.44 bits per heavy atom. The molecule has 3 rings (SSSR count). The standard InChI is InChI=1S/C18H24N4O3/c1-3-22-11-14(9-19-22)10-21-6-7-25-17-5-4-16(8-15(17)12-21)20-18(23)13-24-2/h4-5,8-9,11H,3,6-7,10,12-13H2,1-2H3,(H,20,23). The van der Waals surface area contributed by atoms with Gasteiger partial charge in [0.2, 0.25) is 5.91 Å². The maximum Gasteiger partial charge on any atom is 0.250 e. The number of aryl methyl sites for hydroxylation is 1. The molecule has 7 nitrogen and oxygen atoms in total. The third kappa shape index (κ3) is 4.58. The van der Waals surface area contributed by atoms with Gasteiger partial charge >= 0.3 is 0 Å². The van der Waals surface area contributed by atoms with Crippen molar-refractivity contribution in [2.75, 3.05) is 32.2 Å². The van der Waals surface area contributed by atoms with E-state index >= 15 is 0 Å². The number of carbonyl (C=O) groups is 1. The van der Waals surface area contributed by atoms with Crippen molar-refractivity contribution < 1.29 is 14.3 Å². The minimum absolute atomic E-state index is 0.0428. The quantitative estimate of drug-likeness (QED) is 0.867. The molecule has 1 aromatic heterocycles. The van der Waals surface area contributed by atoms with Crippen molar-refractivity contribution in [3.8, 4) is 5.75 Å². The van der Waals surface area contributed by atoms with Crippen molar-refractivity contribution in [2.45, 2.75) is 26.6 Å². The monoisotopic (exact) mass is 344 g/mol. The predicted octanol–water partition coefficient (Wildman–Crippen LogP) is 1.88. The molecule has 0 fully saturated rings. The summed E-state index contributed by atoms with van der Waals surface area (Å²) in [5.41, 5.74) is 3.01. The molecule has 0 aliphatic carbocycles. The number of rotatable bonds is 6. The summed E-state index contributed by atoms with van der Waals surface area (Å²) in [5.74, 6) is 0.706. The van der Waals surface area contributed by atoms with Crippen molar-refractivity contribution in [1.82, 2.24) is 14.7 Å². The molecule has 1 amide bonds. The minimum atomic E-state index is -0.166. The number of aromatic nitrogens is 2. The van der Waals surface area contributed by atoms with Crippen LogP contribution >= 0.6 is 0 Å². The van der Waals surface area contributed by atoms with Crippen LogP contribution in [0, 0.1) is 0 Å². The van der Waals surface area contributed by atoms with E-state index < -0.39 is 0 Å². The van der Waals surface area contributed by atoms with E-state index in [0.717, 1.165) is 43.2 Å².